The number of hydrogen-bond donors (Lipinski definition) is 2. The zero-order valence-corrected chi connectivity index (χ0v) is 13.1. The molecule has 2 fully saturated rings. The van der Waals surface area contributed by atoms with Crippen molar-refractivity contribution in [1.82, 2.24) is 0 Å². The fourth-order valence-corrected chi connectivity index (χ4v) is 5.12. The molecule has 2 radical (unpaired) electrons. The second-order valence-electron chi connectivity index (χ2n) is 7.15. The van der Waals surface area contributed by atoms with Crippen LogP contribution in [-0.4, -0.2) is 18.3 Å². The molecule has 96 valence electrons. The van der Waals surface area contributed by atoms with Crippen LogP contribution in [0.15, 0.2) is 0 Å². The highest BCUT2D eigenvalue weighted by molar-refractivity contribution is 7.82. The van der Waals surface area contributed by atoms with Crippen LogP contribution in [0.5, 0.6) is 0 Å². The number of rotatable bonds is 1. The number of fused-ring (bicyclic) bond motifs is 1. The molecule has 5 atom stereocenters. The van der Waals surface area contributed by atoms with Crippen LogP contribution in [0.1, 0.15) is 46.5 Å². The smallest absolute Gasteiger partial charge is 0.0660 e. The maximum Gasteiger partial charge on any atom is 0.0660 e. The van der Waals surface area contributed by atoms with Crippen LogP contribution in [0.4, 0.5) is 0 Å². The molecule has 2 rings (SSSR count). The van der Waals surface area contributed by atoms with Crippen LogP contribution in [0.2, 0.25) is 6.32 Å². The molecule has 0 aliphatic heterocycles. The molecule has 0 nitrogen and oxygen atoms in total. The quantitative estimate of drug-likeness (QED) is 0.521. The topological polar surface area (TPSA) is 0 Å². The lowest BCUT2D eigenvalue weighted by Gasteiger charge is -2.56. The van der Waals surface area contributed by atoms with Gasteiger partial charge in [0.05, 0.1) is 7.85 Å². The predicted molar refractivity (Wildman–Crippen MR) is 83.4 cm³/mol. The van der Waals surface area contributed by atoms with Crippen LogP contribution in [0.25, 0.3) is 0 Å². The minimum atomic E-state index is 0.207. The molecule has 0 amide bonds. The third kappa shape index (κ3) is 2.31. The Morgan fingerprint density at radius 3 is 2.24 bits per heavy atom. The van der Waals surface area contributed by atoms with Gasteiger partial charge in [0.2, 0.25) is 0 Å². The molecule has 0 heterocycles. The highest BCUT2D eigenvalue weighted by Crippen LogP contribution is 2.56. The van der Waals surface area contributed by atoms with Crippen molar-refractivity contribution in [3.8, 4) is 0 Å². The Morgan fingerprint density at radius 2 is 1.65 bits per heavy atom. The summed E-state index contributed by atoms with van der Waals surface area (Å²) in [5.74, 6) is 1.46. The Morgan fingerprint density at radius 1 is 1.06 bits per heavy atom. The van der Waals surface area contributed by atoms with Gasteiger partial charge in [0.1, 0.15) is 0 Å². The summed E-state index contributed by atoms with van der Waals surface area (Å²) in [5, 5.41) is 0.878. The predicted octanol–water partition coefficient (Wildman–Crippen LogP) is 4.02. The van der Waals surface area contributed by atoms with E-state index < -0.39 is 0 Å². The van der Waals surface area contributed by atoms with Gasteiger partial charge >= 0.3 is 0 Å². The van der Waals surface area contributed by atoms with Gasteiger partial charge in [0, 0.05) is 10.5 Å². The molecule has 0 aromatic rings. The molecule has 3 heteroatoms. The van der Waals surface area contributed by atoms with Crippen molar-refractivity contribution in [2.45, 2.75) is 63.3 Å². The van der Waals surface area contributed by atoms with E-state index in [1.54, 1.807) is 0 Å². The molecule has 0 aromatic carbocycles. The zero-order chi connectivity index (χ0) is 12.8. The van der Waals surface area contributed by atoms with Crippen molar-refractivity contribution in [2.24, 2.45) is 22.7 Å². The van der Waals surface area contributed by atoms with Crippen LogP contribution in [0, 0.1) is 22.7 Å². The molecule has 2 aliphatic rings. The molecule has 5 unspecified atom stereocenters. The molecule has 17 heavy (non-hydrogen) atoms. The largest absolute Gasteiger partial charge is 0.175 e. The lowest BCUT2D eigenvalue weighted by Crippen LogP contribution is -2.52. The van der Waals surface area contributed by atoms with Crippen molar-refractivity contribution in [3.63, 3.8) is 0 Å². The highest BCUT2D eigenvalue weighted by atomic mass is 32.1. The van der Waals surface area contributed by atoms with Crippen molar-refractivity contribution in [1.29, 1.82) is 0 Å². The fraction of sp³-hybridized carbons (Fsp3) is 1.00. The second-order valence-corrected chi connectivity index (χ2v) is 8.26. The molecule has 2 saturated carbocycles. The molecule has 0 saturated heterocycles. The Labute approximate surface area is 119 Å². The van der Waals surface area contributed by atoms with Gasteiger partial charge in [-0.1, -0.05) is 27.1 Å². The van der Waals surface area contributed by atoms with Gasteiger partial charge in [-0.3, -0.25) is 0 Å². The molecule has 0 aromatic heterocycles. The zero-order valence-electron chi connectivity index (χ0n) is 11.3. The molecule has 0 N–H and O–H groups in total. The average Bonchev–Trinajstić information content (AvgIpc) is 2.29. The van der Waals surface area contributed by atoms with Gasteiger partial charge in [-0.15, -0.1) is 0 Å². The maximum atomic E-state index is 5.99. The van der Waals surface area contributed by atoms with Gasteiger partial charge < -0.3 is 0 Å². The average molecular weight is 268 g/mol. The summed E-state index contributed by atoms with van der Waals surface area (Å²) in [5.41, 5.74) is 0.552. The Hall–Kier alpha value is 0.765. The standard InChI is InChI=1S/C14H25BS2/c1-13(2)6-4-9-5-7-14(3,8-15)12(17)10(9)11(13)16/h9-12,16-17H,4-8H2,1-3H3. The number of hydrogen-bond acceptors (Lipinski definition) is 2. The van der Waals surface area contributed by atoms with E-state index in [0.29, 0.717) is 21.8 Å². The van der Waals surface area contributed by atoms with Gasteiger partial charge in [-0.25, -0.2) is 0 Å². The lowest BCUT2D eigenvalue weighted by atomic mass is 9.54. The summed E-state index contributed by atoms with van der Waals surface area (Å²) < 4.78 is 0. The molecule has 0 bridgehead atoms. The van der Waals surface area contributed by atoms with E-state index >= 15 is 0 Å². The van der Waals surface area contributed by atoms with Crippen LogP contribution >= 0.6 is 25.3 Å². The van der Waals surface area contributed by atoms with E-state index in [4.69, 9.17) is 33.1 Å². The summed E-state index contributed by atoms with van der Waals surface area (Å²) in [4.78, 5) is 0. The first-order chi connectivity index (χ1) is 7.82. The van der Waals surface area contributed by atoms with Gasteiger partial charge in [-0.2, -0.15) is 25.3 Å². The van der Waals surface area contributed by atoms with E-state index in [2.05, 4.69) is 20.8 Å². The molecule has 0 spiro atoms. The third-order valence-electron chi connectivity index (χ3n) is 5.50. The van der Waals surface area contributed by atoms with Crippen molar-refractivity contribution < 1.29 is 0 Å². The minimum Gasteiger partial charge on any atom is -0.175 e. The maximum absolute atomic E-state index is 5.99. The summed E-state index contributed by atoms with van der Waals surface area (Å²) in [6.07, 6.45) is 5.97. The summed E-state index contributed by atoms with van der Waals surface area (Å²) >= 11 is 9.90. The van der Waals surface area contributed by atoms with Gasteiger partial charge in [-0.05, 0) is 48.3 Å². The van der Waals surface area contributed by atoms with E-state index in [1.807, 2.05) is 0 Å². The highest BCUT2D eigenvalue weighted by Gasteiger charge is 2.51. The Balaban J connectivity index is 2.25. The second kappa shape index (κ2) is 4.70. The lowest BCUT2D eigenvalue weighted by molar-refractivity contribution is 0.0487. The van der Waals surface area contributed by atoms with E-state index in [-0.39, 0.29) is 5.41 Å². The summed E-state index contributed by atoms with van der Waals surface area (Å²) in [6.45, 7) is 7.02. The first-order valence-corrected chi connectivity index (χ1v) is 7.91. The SMILES string of the molecule is [B]CC1(C)CCC2CCC(C)(C)C(S)C2C1S. The van der Waals surface area contributed by atoms with Crippen LogP contribution in [-0.2, 0) is 0 Å². The first kappa shape index (κ1) is 14.2. The van der Waals surface area contributed by atoms with Crippen LogP contribution < -0.4 is 0 Å². The summed E-state index contributed by atoms with van der Waals surface area (Å²) in [6, 6.07) is 0. The van der Waals surface area contributed by atoms with Crippen molar-refractivity contribution >= 4 is 33.1 Å². The first-order valence-electron chi connectivity index (χ1n) is 6.88. The van der Waals surface area contributed by atoms with Crippen molar-refractivity contribution in [2.75, 3.05) is 0 Å². The van der Waals surface area contributed by atoms with E-state index in [9.17, 15) is 0 Å². The minimum absolute atomic E-state index is 0.207. The summed E-state index contributed by atoms with van der Waals surface area (Å²) in [7, 11) is 5.99. The molecular weight excluding hydrogens is 243 g/mol. The number of thiol groups is 2. The molecular formula is C14H25BS2. The van der Waals surface area contributed by atoms with E-state index in [0.717, 1.165) is 12.2 Å². The van der Waals surface area contributed by atoms with E-state index in [1.165, 1.54) is 25.7 Å². The molecule has 2 aliphatic carbocycles. The Bertz CT molecular complexity index is 292. The monoisotopic (exact) mass is 268 g/mol. The third-order valence-corrected chi connectivity index (χ3v) is 7.51. The Kier molecular flexibility index (Phi) is 3.92. The normalized spacial score (nSPS) is 49.7. The van der Waals surface area contributed by atoms with Gasteiger partial charge in [0.15, 0.2) is 0 Å². The van der Waals surface area contributed by atoms with Crippen molar-refractivity contribution in [3.05, 3.63) is 0 Å². The fourth-order valence-electron chi connectivity index (χ4n) is 3.79. The van der Waals surface area contributed by atoms with Crippen LogP contribution in [0.3, 0.4) is 0 Å². The van der Waals surface area contributed by atoms with Gasteiger partial charge in [0.25, 0.3) is 0 Å².